The molecule has 0 spiro atoms. The van der Waals surface area contributed by atoms with E-state index in [4.69, 9.17) is 4.74 Å². The fourth-order valence-corrected chi connectivity index (χ4v) is 4.17. The monoisotopic (exact) mass is 441 g/mol. The van der Waals surface area contributed by atoms with E-state index in [-0.39, 0.29) is 23.5 Å². The highest BCUT2D eigenvalue weighted by atomic mass is 32.2. The summed E-state index contributed by atoms with van der Waals surface area (Å²) in [5.74, 6) is 0.980. The Hall–Kier alpha value is -3.27. The SMILES string of the molecule is CS(=O)(=O)c1ccc(-n2nnc([C@H]3CCCCN3C(=O)COc3ccccc3)n2)cc1. The van der Waals surface area contributed by atoms with Gasteiger partial charge in [-0.15, -0.1) is 15.0 Å². The number of piperidine rings is 1. The quantitative estimate of drug-likeness (QED) is 0.577. The van der Waals surface area contributed by atoms with E-state index >= 15 is 0 Å². The summed E-state index contributed by atoms with van der Waals surface area (Å²) in [5, 5.41) is 12.7. The Morgan fingerprint density at radius 2 is 1.84 bits per heavy atom. The summed E-state index contributed by atoms with van der Waals surface area (Å²) in [5.41, 5.74) is 0.590. The van der Waals surface area contributed by atoms with Gasteiger partial charge in [-0.05, 0) is 60.9 Å². The Balaban J connectivity index is 1.48. The van der Waals surface area contributed by atoms with E-state index in [0.29, 0.717) is 23.8 Å². The Labute approximate surface area is 180 Å². The second kappa shape index (κ2) is 8.84. The summed E-state index contributed by atoms with van der Waals surface area (Å²) in [6.07, 6.45) is 3.78. The summed E-state index contributed by atoms with van der Waals surface area (Å²) in [6.45, 7) is 0.556. The second-order valence-corrected chi connectivity index (χ2v) is 9.42. The number of likely N-dealkylation sites (tertiary alicyclic amines) is 1. The van der Waals surface area contributed by atoms with Gasteiger partial charge in [0, 0.05) is 12.8 Å². The number of hydrogen-bond acceptors (Lipinski definition) is 7. The topological polar surface area (TPSA) is 107 Å². The smallest absolute Gasteiger partial charge is 0.261 e. The molecule has 1 aromatic heterocycles. The minimum Gasteiger partial charge on any atom is -0.484 e. The van der Waals surface area contributed by atoms with Crippen molar-refractivity contribution in [3.8, 4) is 11.4 Å². The molecule has 0 bridgehead atoms. The van der Waals surface area contributed by atoms with Crippen molar-refractivity contribution in [2.45, 2.75) is 30.2 Å². The minimum atomic E-state index is -3.28. The van der Waals surface area contributed by atoms with Crippen molar-refractivity contribution in [1.29, 1.82) is 0 Å². The van der Waals surface area contributed by atoms with Crippen molar-refractivity contribution >= 4 is 15.7 Å². The molecule has 3 aromatic rings. The number of benzene rings is 2. The molecule has 10 heteroatoms. The molecule has 0 saturated carbocycles. The third-order valence-corrected chi connectivity index (χ3v) is 6.28. The van der Waals surface area contributed by atoms with Gasteiger partial charge in [0.1, 0.15) is 5.75 Å². The Bertz CT molecular complexity index is 1150. The molecule has 0 N–H and O–H groups in total. The number of nitrogens with zero attached hydrogens (tertiary/aromatic N) is 5. The number of carbonyl (C=O) groups excluding carboxylic acids is 1. The number of ether oxygens (including phenoxy) is 1. The number of tetrazole rings is 1. The van der Waals surface area contributed by atoms with Gasteiger partial charge >= 0.3 is 0 Å². The number of carbonyl (C=O) groups is 1. The first-order valence-corrected chi connectivity index (χ1v) is 11.9. The van der Waals surface area contributed by atoms with Gasteiger partial charge in [0.15, 0.2) is 22.3 Å². The molecular formula is C21H23N5O4S. The van der Waals surface area contributed by atoms with Crippen LogP contribution < -0.4 is 4.74 Å². The molecular weight excluding hydrogens is 418 g/mol. The Morgan fingerprint density at radius 3 is 2.55 bits per heavy atom. The summed E-state index contributed by atoms with van der Waals surface area (Å²) >= 11 is 0. The van der Waals surface area contributed by atoms with E-state index in [0.717, 1.165) is 25.5 Å². The molecule has 1 atom stereocenters. The predicted octanol–water partition coefficient (Wildman–Crippen LogP) is 2.20. The van der Waals surface area contributed by atoms with Crippen LogP contribution in [0.3, 0.4) is 0 Å². The maximum atomic E-state index is 12.8. The zero-order valence-corrected chi connectivity index (χ0v) is 17.9. The van der Waals surface area contributed by atoms with Crippen LogP contribution in [0, 0.1) is 0 Å². The van der Waals surface area contributed by atoms with Crippen LogP contribution in [0.1, 0.15) is 31.1 Å². The van der Waals surface area contributed by atoms with Crippen LogP contribution in [0.4, 0.5) is 0 Å². The van der Waals surface area contributed by atoms with E-state index in [9.17, 15) is 13.2 Å². The Morgan fingerprint density at radius 1 is 1.10 bits per heavy atom. The minimum absolute atomic E-state index is 0.0540. The Kier molecular flexibility index (Phi) is 5.99. The second-order valence-electron chi connectivity index (χ2n) is 7.40. The van der Waals surface area contributed by atoms with Crippen LogP contribution in [0.25, 0.3) is 5.69 Å². The molecule has 1 aliphatic heterocycles. The molecule has 4 rings (SSSR count). The zero-order chi connectivity index (χ0) is 21.8. The normalized spacial score (nSPS) is 16.8. The van der Waals surface area contributed by atoms with Gasteiger partial charge in [-0.1, -0.05) is 18.2 Å². The fourth-order valence-electron chi connectivity index (χ4n) is 3.54. The molecule has 0 unspecified atom stereocenters. The first-order valence-electron chi connectivity index (χ1n) is 9.99. The number of sulfone groups is 1. The predicted molar refractivity (Wildman–Crippen MR) is 113 cm³/mol. The molecule has 1 saturated heterocycles. The standard InChI is InChI=1S/C21H23N5O4S/c1-31(28,29)18-12-10-16(11-13-18)26-23-21(22-24-26)19-9-5-6-14-25(19)20(27)15-30-17-7-3-2-4-8-17/h2-4,7-8,10-13,19H,5-6,9,14-15H2,1H3/t19-/m1/s1. The number of hydrogen-bond donors (Lipinski definition) is 0. The van der Waals surface area contributed by atoms with E-state index < -0.39 is 9.84 Å². The number of para-hydroxylation sites is 1. The van der Waals surface area contributed by atoms with Crippen molar-refractivity contribution in [2.24, 2.45) is 0 Å². The van der Waals surface area contributed by atoms with Crippen LogP contribution in [0.15, 0.2) is 59.5 Å². The molecule has 1 fully saturated rings. The van der Waals surface area contributed by atoms with Gasteiger partial charge < -0.3 is 9.64 Å². The van der Waals surface area contributed by atoms with Gasteiger partial charge in [-0.3, -0.25) is 4.79 Å². The van der Waals surface area contributed by atoms with Gasteiger partial charge in [-0.2, -0.15) is 0 Å². The average molecular weight is 442 g/mol. The summed E-state index contributed by atoms with van der Waals surface area (Å²) in [7, 11) is -3.28. The molecule has 1 amide bonds. The van der Waals surface area contributed by atoms with Gasteiger partial charge in [0.05, 0.1) is 16.6 Å². The molecule has 9 nitrogen and oxygen atoms in total. The molecule has 31 heavy (non-hydrogen) atoms. The highest BCUT2D eigenvalue weighted by Crippen LogP contribution is 2.29. The number of rotatable bonds is 6. The van der Waals surface area contributed by atoms with Gasteiger partial charge in [-0.25, -0.2) is 8.42 Å². The van der Waals surface area contributed by atoms with Crippen LogP contribution in [0.2, 0.25) is 0 Å². The maximum Gasteiger partial charge on any atom is 0.261 e. The van der Waals surface area contributed by atoms with Crippen LogP contribution in [-0.4, -0.2) is 58.8 Å². The highest BCUT2D eigenvalue weighted by Gasteiger charge is 2.31. The average Bonchev–Trinajstić information content (AvgIpc) is 3.28. The fraction of sp³-hybridized carbons (Fsp3) is 0.333. The molecule has 162 valence electrons. The molecule has 2 heterocycles. The lowest BCUT2D eigenvalue weighted by molar-refractivity contribution is -0.137. The van der Waals surface area contributed by atoms with Crippen LogP contribution in [-0.2, 0) is 14.6 Å². The lowest BCUT2D eigenvalue weighted by atomic mass is 10.0. The van der Waals surface area contributed by atoms with Gasteiger partial charge in [0.25, 0.3) is 5.91 Å². The molecule has 0 aliphatic carbocycles. The lowest BCUT2D eigenvalue weighted by Gasteiger charge is -2.33. The first kappa shape index (κ1) is 21.0. The van der Waals surface area contributed by atoms with E-state index in [1.165, 1.54) is 16.9 Å². The molecule has 1 aliphatic rings. The first-order chi connectivity index (χ1) is 14.9. The van der Waals surface area contributed by atoms with E-state index in [1.807, 2.05) is 30.3 Å². The highest BCUT2D eigenvalue weighted by molar-refractivity contribution is 7.90. The third-order valence-electron chi connectivity index (χ3n) is 5.15. The summed E-state index contributed by atoms with van der Waals surface area (Å²) in [4.78, 5) is 16.1. The van der Waals surface area contributed by atoms with Crippen molar-refractivity contribution in [2.75, 3.05) is 19.4 Å². The largest absolute Gasteiger partial charge is 0.484 e. The number of amides is 1. The lowest BCUT2D eigenvalue weighted by Crippen LogP contribution is -2.41. The summed E-state index contributed by atoms with van der Waals surface area (Å²) in [6, 6.07) is 15.2. The van der Waals surface area contributed by atoms with Crippen molar-refractivity contribution in [1.82, 2.24) is 25.1 Å². The van der Waals surface area contributed by atoms with E-state index in [2.05, 4.69) is 15.4 Å². The molecule has 0 radical (unpaired) electrons. The zero-order valence-electron chi connectivity index (χ0n) is 17.1. The van der Waals surface area contributed by atoms with Crippen LogP contribution >= 0.6 is 0 Å². The van der Waals surface area contributed by atoms with E-state index in [1.54, 1.807) is 17.0 Å². The maximum absolute atomic E-state index is 12.8. The van der Waals surface area contributed by atoms with Gasteiger partial charge in [0.2, 0.25) is 0 Å². The summed E-state index contributed by atoms with van der Waals surface area (Å²) < 4.78 is 28.9. The van der Waals surface area contributed by atoms with Crippen molar-refractivity contribution in [3.05, 3.63) is 60.4 Å². The molecule has 2 aromatic carbocycles. The third kappa shape index (κ3) is 4.91. The van der Waals surface area contributed by atoms with Crippen LogP contribution in [0.5, 0.6) is 5.75 Å². The number of aromatic nitrogens is 4. The van der Waals surface area contributed by atoms with Crippen molar-refractivity contribution < 1.29 is 17.9 Å². The van der Waals surface area contributed by atoms with Crippen molar-refractivity contribution in [3.63, 3.8) is 0 Å².